The van der Waals surface area contributed by atoms with Crippen molar-refractivity contribution in [2.75, 3.05) is 6.61 Å². The number of rotatable bonds is 2. The smallest absolute Gasteiger partial charge is 0.456 e. The van der Waals surface area contributed by atoms with Gasteiger partial charge in [0.2, 0.25) is 0 Å². The van der Waals surface area contributed by atoms with Crippen molar-refractivity contribution in [1.82, 2.24) is 0 Å². The number of esters is 1. The Morgan fingerprint density at radius 3 is 2.41 bits per heavy atom. The molecule has 6 nitrogen and oxygen atoms in total. The molecule has 0 atom stereocenters. The summed E-state index contributed by atoms with van der Waals surface area (Å²) in [5.74, 6) is -1.12. The third kappa shape index (κ3) is 2.77. The summed E-state index contributed by atoms with van der Waals surface area (Å²) in [7, 11) is -4.08. The first-order valence-corrected chi connectivity index (χ1v) is 6.24. The Hall–Kier alpha value is -1.98. The molecule has 0 aliphatic heterocycles. The summed E-state index contributed by atoms with van der Waals surface area (Å²) in [6.07, 6.45) is 0. The van der Waals surface area contributed by atoms with Crippen LogP contribution in [0.25, 0.3) is 0 Å². The van der Waals surface area contributed by atoms with Gasteiger partial charge in [-0.3, -0.25) is 0 Å². The molecule has 17 heavy (non-hydrogen) atoms. The Morgan fingerprint density at radius 1 is 1.35 bits per heavy atom. The Morgan fingerprint density at radius 2 is 1.94 bits per heavy atom. The molecule has 0 aromatic heterocycles. The molecule has 0 saturated heterocycles. The van der Waals surface area contributed by atoms with Crippen LogP contribution in [0.3, 0.4) is 0 Å². The zero-order valence-electron chi connectivity index (χ0n) is 9.08. The maximum Gasteiger partial charge on any atom is 0.542 e. The highest BCUT2D eigenvalue weighted by Gasteiger charge is 2.41. The second kappa shape index (κ2) is 5.38. The molecular weight excluding hydrogens is 244 g/mol. The predicted octanol–water partition coefficient (Wildman–Crippen LogP) is 0.661. The van der Waals surface area contributed by atoms with Crippen LogP contribution < -0.4 is 0 Å². The van der Waals surface area contributed by atoms with Gasteiger partial charge in [-0.25, -0.2) is 13.2 Å². The number of nitrogens with one attached hydrogen (secondary N) is 1. The average Bonchev–Trinajstić information content (AvgIpc) is 2.31. The van der Waals surface area contributed by atoms with Crippen LogP contribution >= 0.6 is 0 Å². The number of hydrogen-bond donors (Lipinski definition) is 1. The van der Waals surface area contributed by atoms with Crippen LogP contribution in [0.1, 0.15) is 6.92 Å². The lowest BCUT2D eigenvalue weighted by Crippen LogP contribution is -2.27. The highest BCUT2D eigenvalue weighted by atomic mass is 32.2. The minimum absolute atomic E-state index is 0.0160. The lowest BCUT2D eigenvalue weighted by atomic mass is 10.4. The molecule has 0 unspecified atom stereocenters. The Kier molecular flexibility index (Phi) is 4.14. The second-order valence-corrected chi connectivity index (χ2v) is 4.82. The number of ether oxygens (including phenoxy) is 1. The molecule has 1 rings (SSSR count). The zero-order chi connectivity index (χ0) is 12.9. The third-order valence-electron chi connectivity index (χ3n) is 1.86. The number of sulfone groups is 1. The molecule has 1 N–H and O–H groups in total. The van der Waals surface area contributed by atoms with Crippen molar-refractivity contribution in [3.05, 3.63) is 30.3 Å². The van der Waals surface area contributed by atoms with Gasteiger partial charge in [-0.05, 0) is 19.1 Å². The van der Waals surface area contributed by atoms with Crippen LogP contribution in [0.5, 0.6) is 0 Å². The molecule has 1 aromatic carbocycles. The minimum Gasteiger partial charge on any atom is -0.456 e. The number of nitrogens with zero attached hydrogens (tertiary/aromatic N) is 1. The minimum atomic E-state index is -4.08. The summed E-state index contributed by atoms with van der Waals surface area (Å²) in [5.41, 5.74) is 6.78. The molecule has 0 aliphatic rings. The summed E-state index contributed by atoms with van der Waals surface area (Å²) in [6, 6.07) is 7.31. The van der Waals surface area contributed by atoms with E-state index < -0.39 is 20.9 Å². The van der Waals surface area contributed by atoms with Gasteiger partial charge in [0.25, 0.3) is 9.84 Å². The number of carbonyl (C=O) groups is 1. The van der Waals surface area contributed by atoms with E-state index in [1.807, 2.05) is 0 Å². The molecule has 7 heteroatoms. The fraction of sp³-hybridized carbons (Fsp3) is 0.200. The lowest BCUT2D eigenvalue weighted by molar-refractivity contribution is -0.150. The number of benzene rings is 1. The molecule has 0 radical (unpaired) electrons. The summed E-state index contributed by atoms with van der Waals surface area (Å²) < 4.78 is 28.4. The van der Waals surface area contributed by atoms with Crippen LogP contribution in [-0.2, 0) is 19.4 Å². The quantitative estimate of drug-likeness (QED) is 0.276. The molecule has 0 aliphatic carbocycles. The van der Waals surface area contributed by atoms with E-state index in [1.54, 1.807) is 6.07 Å². The summed E-state index contributed by atoms with van der Waals surface area (Å²) in [4.78, 5) is 14.0. The lowest BCUT2D eigenvalue weighted by Gasteiger charge is -1.98. The van der Waals surface area contributed by atoms with Crippen molar-refractivity contribution in [3.63, 3.8) is 0 Å². The van der Waals surface area contributed by atoms with Crippen molar-refractivity contribution in [1.29, 1.82) is 5.53 Å². The van der Waals surface area contributed by atoms with Crippen molar-refractivity contribution < 1.29 is 22.7 Å². The SMILES string of the molecule is CCOC(=O)C(=[N+]=N)S(=O)(=O)c1ccccc1. The zero-order valence-corrected chi connectivity index (χ0v) is 9.90. The van der Waals surface area contributed by atoms with Gasteiger partial charge < -0.3 is 4.74 Å². The topological polar surface area (TPSA) is 98.4 Å². The van der Waals surface area contributed by atoms with Crippen molar-refractivity contribution in [3.8, 4) is 0 Å². The molecule has 0 spiro atoms. The highest BCUT2D eigenvalue weighted by Crippen LogP contribution is 2.11. The van der Waals surface area contributed by atoms with E-state index in [0.717, 1.165) is 0 Å². The van der Waals surface area contributed by atoms with Gasteiger partial charge in [-0.15, -0.1) is 0 Å². The van der Waals surface area contributed by atoms with Gasteiger partial charge in [-0.2, -0.15) is 0 Å². The average molecular weight is 255 g/mol. The van der Waals surface area contributed by atoms with Gasteiger partial charge in [-0.1, -0.05) is 18.2 Å². The monoisotopic (exact) mass is 255 g/mol. The van der Waals surface area contributed by atoms with Crippen LogP contribution in [0.15, 0.2) is 35.2 Å². The van der Waals surface area contributed by atoms with E-state index in [1.165, 1.54) is 31.2 Å². The first kappa shape index (κ1) is 13.1. The van der Waals surface area contributed by atoms with E-state index in [4.69, 9.17) is 5.53 Å². The van der Waals surface area contributed by atoms with Crippen molar-refractivity contribution in [2.24, 2.45) is 0 Å². The van der Waals surface area contributed by atoms with Gasteiger partial charge >= 0.3 is 11.0 Å². The van der Waals surface area contributed by atoms with Gasteiger partial charge in [0.15, 0.2) is 0 Å². The van der Waals surface area contributed by atoms with E-state index >= 15 is 0 Å². The molecular formula is C10H11N2O4S+. The van der Waals surface area contributed by atoms with Gasteiger partial charge in [0, 0.05) is 0 Å². The van der Waals surface area contributed by atoms with Crippen molar-refractivity contribution in [2.45, 2.75) is 11.8 Å². The molecule has 90 valence electrons. The molecule has 0 heterocycles. The summed E-state index contributed by atoms with van der Waals surface area (Å²) >= 11 is 0. The normalized spacial score (nSPS) is 10.4. The largest absolute Gasteiger partial charge is 0.542 e. The summed E-state index contributed by atoms with van der Waals surface area (Å²) in [5, 5.41) is -0.912. The van der Waals surface area contributed by atoms with Crippen LogP contribution in [-0.4, -0.2) is 30.8 Å². The Labute approximate surface area is 98.4 Å². The van der Waals surface area contributed by atoms with Crippen LogP contribution in [0.4, 0.5) is 0 Å². The van der Waals surface area contributed by atoms with E-state index in [9.17, 15) is 13.2 Å². The fourth-order valence-electron chi connectivity index (χ4n) is 1.12. The third-order valence-corrected chi connectivity index (χ3v) is 3.52. The predicted molar refractivity (Wildman–Crippen MR) is 58.2 cm³/mol. The first-order chi connectivity index (χ1) is 8.04. The maximum atomic E-state index is 11.9. The molecule has 0 fully saturated rings. The van der Waals surface area contributed by atoms with E-state index in [0.29, 0.717) is 0 Å². The molecule has 0 bridgehead atoms. The second-order valence-electron chi connectivity index (χ2n) is 2.95. The Balaban J connectivity index is 3.23. The number of carbonyl (C=O) groups excluding carboxylic acids is 1. The van der Waals surface area contributed by atoms with Gasteiger partial charge in [0.1, 0.15) is 0 Å². The van der Waals surface area contributed by atoms with Gasteiger partial charge in [0.05, 0.1) is 21.8 Å². The van der Waals surface area contributed by atoms with Crippen LogP contribution in [0, 0.1) is 5.53 Å². The highest BCUT2D eigenvalue weighted by molar-refractivity contribution is 8.08. The van der Waals surface area contributed by atoms with Crippen LogP contribution in [0.2, 0.25) is 0 Å². The molecule has 0 amide bonds. The van der Waals surface area contributed by atoms with E-state index in [-0.39, 0.29) is 11.5 Å². The fourth-order valence-corrected chi connectivity index (χ4v) is 2.26. The standard InChI is InChI=1S/C10H11N2O4S/c1-2-16-10(13)9(12-11)17(14,15)8-6-4-3-5-7-8/h3-7,11H,2H2,1H3/q+1. The molecule has 0 saturated carbocycles. The Bertz CT molecular complexity index is 559. The van der Waals surface area contributed by atoms with Crippen molar-refractivity contribution >= 4 is 20.9 Å². The number of hydrogen-bond acceptors (Lipinski definition) is 5. The van der Waals surface area contributed by atoms with E-state index in [2.05, 4.69) is 9.53 Å². The molecule has 1 aromatic rings. The first-order valence-electron chi connectivity index (χ1n) is 4.75. The maximum absolute atomic E-state index is 11.9. The summed E-state index contributed by atoms with van der Waals surface area (Å²) in [6.45, 7) is 1.55.